The average Bonchev–Trinajstić information content (AvgIpc) is 2.68. The first-order chi connectivity index (χ1) is 13.4. The molecule has 2 heterocycles. The van der Waals surface area contributed by atoms with Crippen LogP contribution in [0.25, 0.3) is 0 Å². The second-order valence-corrected chi connectivity index (χ2v) is 7.21. The molecule has 1 aliphatic heterocycles. The number of ether oxygens (including phenoxy) is 1. The Kier molecular flexibility index (Phi) is 6.67. The number of pyridine rings is 1. The van der Waals surface area contributed by atoms with Crippen LogP contribution in [0, 0.1) is 5.92 Å². The summed E-state index contributed by atoms with van der Waals surface area (Å²) in [5, 5.41) is 3.57. The van der Waals surface area contributed by atoms with E-state index in [4.69, 9.17) is 11.6 Å². The summed E-state index contributed by atoms with van der Waals surface area (Å²) in [4.78, 5) is 19.1. The minimum atomic E-state index is -2.87. The fourth-order valence-corrected chi connectivity index (χ4v) is 3.41. The maximum Gasteiger partial charge on any atom is 0.387 e. The molecular formula is C20H22ClF2N3O2. The Hall–Kier alpha value is -2.41. The summed E-state index contributed by atoms with van der Waals surface area (Å²) in [6.07, 6.45) is 3.05. The van der Waals surface area contributed by atoms with Gasteiger partial charge in [0.2, 0.25) is 5.91 Å². The number of piperidine rings is 1. The first-order valence-corrected chi connectivity index (χ1v) is 9.52. The Morgan fingerprint density at radius 1 is 1.29 bits per heavy atom. The summed E-state index contributed by atoms with van der Waals surface area (Å²) in [5.74, 6) is 0.813. The maximum atomic E-state index is 12.6. The molecule has 3 rings (SSSR count). The quantitative estimate of drug-likeness (QED) is 0.766. The standard InChI is InChI=1S/C20H22ClF2N3O2/c1-13(15-3-2-4-17(11-15)28-20(22)23)25-19(27)14-7-9-26(10-8-14)18-6-5-16(21)12-24-18/h2-6,11-14,20H,7-10H2,1H3,(H,25,27). The molecule has 0 bridgehead atoms. The van der Waals surface area contributed by atoms with E-state index in [1.807, 2.05) is 13.0 Å². The van der Waals surface area contributed by atoms with Crippen molar-refractivity contribution in [2.75, 3.05) is 18.0 Å². The van der Waals surface area contributed by atoms with Gasteiger partial charge in [0.25, 0.3) is 0 Å². The predicted octanol–water partition coefficient (Wildman–Crippen LogP) is 4.43. The van der Waals surface area contributed by atoms with Gasteiger partial charge in [-0.15, -0.1) is 0 Å². The van der Waals surface area contributed by atoms with Crippen molar-refractivity contribution < 1.29 is 18.3 Å². The van der Waals surface area contributed by atoms with E-state index in [1.165, 1.54) is 12.1 Å². The molecular weight excluding hydrogens is 388 g/mol. The van der Waals surface area contributed by atoms with Gasteiger partial charge < -0.3 is 15.0 Å². The van der Waals surface area contributed by atoms with Gasteiger partial charge in [0.1, 0.15) is 11.6 Å². The van der Waals surface area contributed by atoms with Crippen LogP contribution in [0.2, 0.25) is 5.02 Å². The Bertz CT molecular complexity index is 796. The van der Waals surface area contributed by atoms with Gasteiger partial charge in [-0.05, 0) is 49.6 Å². The van der Waals surface area contributed by atoms with Gasteiger partial charge in [-0.1, -0.05) is 23.7 Å². The van der Waals surface area contributed by atoms with E-state index in [-0.39, 0.29) is 23.6 Å². The number of aromatic nitrogens is 1. The summed E-state index contributed by atoms with van der Waals surface area (Å²) in [5.41, 5.74) is 0.717. The van der Waals surface area contributed by atoms with Crippen molar-refractivity contribution in [2.45, 2.75) is 32.4 Å². The number of anilines is 1. The number of halogens is 3. The first-order valence-electron chi connectivity index (χ1n) is 9.14. The van der Waals surface area contributed by atoms with Crippen molar-refractivity contribution in [2.24, 2.45) is 5.92 Å². The number of alkyl halides is 2. The van der Waals surface area contributed by atoms with Crippen LogP contribution in [0.5, 0.6) is 5.75 Å². The summed E-state index contributed by atoms with van der Waals surface area (Å²) in [6, 6.07) is 9.77. The average molecular weight is 410 g/mol. The number of hydrogen-bond acceptors (Lipinski definition) is 4. The molecule has 1 saturated heterocycles. The summed E-state index contributed by atoms with van der Waals surface area (Å²) in [6.45, 7) is 0.421. The first kappa shape index (κ1) is 20.3. The molecule has 1 aliphatic rings. The molecule has 0 radical (unpaired) electrons. The molecule has 1 fully saturated rings. The van der Waals surface area contributed by atoms with E-state index < -0.39 is 6.61 Å². The number of amides is 1. The molecule has 8 heteroatoms. The van der Waals surface area contributed by atoms with Crippen LogP contribution in [-0.4, -0.2) is 30.6 Å². The van der Waals surface area contributed by atoms with Crippen LogP contribution < -0.4 is 15.0 Å². The third-order valence-corrected chi connectivity index (χ3v) is 5.07. The lowest BCUT2D eigenvalue weighted by Gasteiger charge is -2.32. The van der Waals surface area contributed by atoms with Gasteiger partial charge in [-0.2, -0.15) is 8.78 Å². The van der Waals surface area contributed by atoms with Crippen LogP contribution in [0.3, 0.4) is 0 Å². The van der Waals surface area contributed by atoms with Crippen LogP contribution in [0.15, 0.2) is 42.6 Å². The van der Waals surface area contributed by atoms with Gasteiger partial charge in [0.15, 0.2) is 0 Å². The second-order valence-electron chi connectivity index (χ2n) is 6.78. The van der Waals surface area contributed by atoms with Crippen LogP contribution in [0.1, 0.15) is 31.4 Å². The molecule has 1 aromatic heterocycles. The normalized spacial score (nSPS) is 16.1. The second kappa shape index (κ2) is 9.19. The summed E-state index contributed by atoms with van der Waals surface area (Å²) >= 11 is 5.87. The lowest BCUT2D eigenvalue weighted by Crippen LogP contribution is -2.41. The number of carbonyl (C=O) groups excluding carboxylic acids is 1. The molecule has 1 unspecified atom stereocenters. The monoisotopic (exact) mass is 409 g/mol. The predicted molar refractivity (Wildman–Crippen MR) is 104 cm³/mol. The van der Waals surface area contributed by atoms with Crippen molar-refractivity contribution in [3.63, 3.8) is 0 Å². The molecule has 150 valence electrons. The largest absolute Gasteiger partial charge is 0.435 e. The number of nitrogens with zero attached hydrogens (tertiary/aromatic N) is 2. The lowest BCUT2D eigenvalue weighted by atomic mass is 9.95. The number of benzene rings is 1. The minimum Gasteiger partial charge on any atom is -0.435 e. The molecule has 1 atom stereocenters. The molecule has 5 nitrogen and oxygen atoms in total. The van der Waals surface area contributed by atoms with Gasteiger partial charge in [0, 0.05) is 25.2 Å². The number of carbonyl (C=O) groups is 1. The molecule has 28 heavy (non-hydrogen) atoms. The molecule has 1 N–H and O–H groups in total. The fourth-order valence-electron chi connectivity index (χ4n) is 3.30. The number of nitrogens with one attached hydrogen (secondary N) is 1. The van der Waals surface area contributed by atoms with Crippen molar-refractivity contribution in [1.82, 2.24) is 10.3 Å². The maximum absolute atomic E-state index is 12.6. The van der Waals surface area contributed by atoms with Crippen LogP contribution >= 0.6 is 11.6 Å². The van der Waals surface area contributed by atoms with E-state index >= 15 is 0 Å². The topological polar surface area (TPSA) is 54.5 Å². The van der Waals surface area contributed by atoms with E-state index in [0.717, 1.165) is 31.7 Å². The number of rotatable bonds is 6. The minimum absolute atomic E-state index is 0.0311. The Balaban J connectivity index is 1.53. The van der Waals surface area contributed by atoms with Gasteiger partial charge in [-0.3, -0.25) is 4.79 Å². The molecule has 0 saturated carbocycles. The van der Waals surface area contributed by atoms with E-state index in [2.05, 4.69) is 19.9 Å². The third-order valence-electron chi connectivity index (χ3n) is 4.84. The van der Waals surface area contributed by atoms with E-state index in [0.29, 0.717) is 10.6 Å². The van der Waals surface area contributed by atoms with Gasteiger partial charge in [-0.25, -0.2) is 4.98 Å². The Morgan fingerprint density at radius 3 is 2.68 bits per heavy atom. The molecule has 2 aromatic rings. The van der Waals surface area contributed by atoms with Crippen LogP contribution in [-0.2, 0) is 4.79 Å². The highest BCUT2D eigenvalue weighted by molar-refractivity contribution is 6.30. The Morgan fingerprint density at radius 2 is 2.04 bits per heavy atom. The van der Waals surface area contributed by atoms with Crippen molar-refractivity contribution >= 4 is 23.3 Å². The SMILES string of the molecule is CC(NC(=O)C1CCN(c2ccc(Cl)cn2)CC1)c1cccc(OC(F)F)c1. The highest BCUT2D eigenvalue weighted by Gasteiger charge is 2.26. The van der Waals surface area contributed by atoms with E-state index in [9.17, 15) is 13.6 Å². The molecule has 0 spiro atoms. The van der Waals surface area contributed by atoms with Gasteiger partial charge in [0.05, 0.1) is 11.1 Å². The zero-order chi connectivity index (χ0) is 20.1. The molecule has 1 aromatic carbocycles. The lowest BCUT2D eigenvalue weighted by molar-refractivity contribution is -0.126. The zero-order valence-electron chi connectivity index (χ0n) is 15.4. The van der Waals surface area contributed by atoms with Crippen molar-refractivity contribution in [3.8, 4) is 5.75 Å². The van der Waals surface area contributed by atoms with Crippen molar-refractivity contribution in [3.05, 3.63) is 53.2 Å². The smallest absolute Gasteiger partial charge is 0.387 e. The third kappa shape index (κ3) is 5.32. The van der Waals surface area contributed by atoms with Gasteiger partial charge >= 0.3 is 6.61 Å². The van der Waals surface area contributed by atoms with E-state index in [1.54, 1.807) is 24.4 Å². The summed E-state index contributed by atoms with van der Waals surface area (Å²) < 4.78 is 29.2. The molecule has 1 amide bonds. The molecule has 0 aliphatic carbocycles. The zero-order valence-corrected chi connectivity index (χ0v) is 16.2. The fraction of sp³-hybridized carbons (Fsp3) is 0.400. The van der Waals surface area contributed by atoms with Crippen LogP contribution in [0.4, 0.5) is 14.6 Å². The van der Waals surface area contributed by atoms with Crippen molar-refractivity contribution in [1.29, 1.82) is 0 Å². The highest BCUT2D eigenvalue weighted by atomic mass is 35.5. The number of hydrogen-bond donors (Lipinski definition) is 1. The summed E-state index contributed by atoms with van der Waals surface area (Å²) in [7, 11) is 0. The highest BCUT2D eigenvalue weighted by Crippen LogP contribution is 2.25. The Labute approximate surface area is 167 Å².